The van der Waals surface area contributed by atoms with Crippen LogP contribution in [0.15, 0.2) is 204 Å². The first-order valence-corrected chi connectivity index (χ1v) is 20.5. The quantitative estimate of drug-likeness (QED) is 0.168. The highest BCUT2D eigenvalue weighted by atomic mass is 32.2. The van der Waals surface area contributed by atoms with Crippen molar-refractivity contribution >= 4 is 57.0 Å². The van der Waals surface area contributed by atoms with E-state index in [2.05, 4.69) is 227 Å². The van der Waals surface area contributed by atoms with Gasteiger partial charge in [0.25, 0.3) is 0 Å². The Morgan fingerprint density at radius 1 is 0.370 bits per heavy atom. The van der Waals surface area contributed by atoms with Gasteiger partial charge in [-0.2, -0.15) is 0 Å². The van der Waals surface area contributed by atoms with Crippen molar-refractivity contribution in [3.8, 4) is 22.3 Å². The maximum atomic E-state index is 2.80. The number of nitrogens with zero attached hydrogens (tertiary/aromatic N) is 2. The van der Waals surface area contributed by atoms with Gasteiger partial charge in [0, 0.05) is 48.1 Å². The van der Waals surface area contributed by atoms with E-state index in [1.165, 1.54) is 65.3 Å². The minimum absolute atomic E-state index is 0.309. The first-order chi connectivity index (χ1) is 26.8. The summed E-state index contributed by atoms with van der Waals surface area (Å²) in [5.41, 5.74) is 12.5. The zero-order valence-electron chi connectivity index (χ0n) is 29.5. The minimum atomic E-state index is 0.309. The van der Waals surface area contributed by atoms with Crippen LogP contribution in [0.25, 0.3) is 33.0 Å². The van der Waals surface area contributed by atoms with Crippen LogP contribution in [0.1, 0.15) is 23.2 Å². The highest BCUT2D eigenvalue weighted by Gasteiger charge is 2.57. The van der Waals surface area contributed by atoms with E-state index in [-0.39, 0.29) is 0 Å². The summed E-state index contributed by atoms with van der Waals surface area (Å²) in [7, 11) is 0. The fourth-order valence-electron chi connectivity index (χ4n) is 9.00. The second-order valence-electron chi connectivity index (χ2n) is 14.3. The summed E-state index contributed by atoms with van der Waals surface area (Å²) in [5, 5.41) is 3.48. The third kappa shape index (κ3) is 5.12. The molecule has 4 atom stereocenters. The zero-order valence-corrected chi connectivity index (χ0v) is 31.1. The van der Waals surface area contributed by atoms with Gasteiger partial charge in [-0.15, -0.1) is 23.5 Å². The van der Waals surface area contributed by atoms with Gasteiger partial charge >= 0.3 is 0 Å². The van der Waals surface area contributed by atoms with Crippen molar-refractivity contribution in [2.75, 3.05) is 9.80 Å². The maximum absolute atomic E-state index is 2.80. The molecule has 3 aliphatic rings. The average Bonchev–Trinajstić information content (AvgIpc) is 3.91. The predicted molar refractivity (Wildman–Crippen MR) is 230 cm³/mol. The summed E-state index contributed by atoms with van der Waals surface area (Å²) in [4.78, 5) is 8.09. The fourth-order valence-corrected chi connectivity index (χ4v) is 12.3. The lowest BCUT2D eigenvalue weighted by molar-refractivity contribution is 0.678. The standard InChI is InChI=1S/C50H36N2S2/c1-3-13-33(14-4-1)35-23-27-37(28-24-35)51(38-29-25-36(26-30-38)34-15-5-2-6-16-34)43-31-32-44(40-18-8-7-17-39(40)43)52-47-41-19-9-11-21-45(41)53-49(47)50-48(52)42-20-10-12-22-46(42)54-50/h1-32,47-50H. The molecule has 0 bridgehead atoms. The van der Waals surface area contributed by atoms with Crippen LogP contribution in [0.4, 0.5) is 22.7 Å². The normalized spacial score (nSPS) is 19.3. The van der Waals surface area contributed by atoms with Crippen molar-refractivity contribution in [3.05, 3.63) is 205 Å². The molecule has 1 fully saturated rings. The van der Waals surface area contributed by atoms with Crippen LogP contribution >= 0.6 is 23.5 Å². The van der Waals surface area contributed by atoms with Gasteiger partial charge in [-0.3, -0.25) is 0 Å². The number of hydrogen-bond acceptors (Lipinski definition) is 4. The molecule has 2 nitrogen and oxygen atoms in total. The molecule has 0 spiro atoms. The van der Waals surface area contributed by atoms with Crippen LogP contribution < -0.4 is 9.80 Å². The van der Waals surface area contributed by atoms with E-state index >= 15 is 0 Å². The van der Waals surface area contributed by atoms with E-state index in [1.54, 1.807) is 0 Å². The molecule has 0 radical (unpaired) electrons. The summed E-state index contributed by atoms with van der Waals surface area (Å²) in [6, 6.07) is 72.1. The summed E-state index contributed by atoms with van der Waals surface area (Å²) in [6.07, 6.45) is 0. The van der Waals surface area contributed by atoms with Crippen LogP contribution in [0.5, 0.6) is 0 Å². The van der Waals surface area contributed by atoms with Gasteiger partial charge in [0.05, 0.1) is 17.8 Å². The summed E-state index contributed by atoms with van der Waals surface area (Å²) in [6.45, 7) is 0. The van der Waals surface area contributed by atoms with Gasteiger partial charge in [-0.1, -0.05) is 146 Å². The van der Waals surface area contributed by atoms with Crippen molar-refractivity contribution in [1.82, 2.24) is 0 Å². The second kappa shape index (κ2) is 13.0. The molecule has 0 aromatic heterocycles. The van der Waals surface area contributed by atoms with E-state index < -0.39 is 0 Å². The molecule has 8 aromatic carbocycles. The predicted octanol–water partition coefficient (Wildman–Crippen LogP) is 13.9. The molecule has 54 heavy (non-hydrogen) atoms. The van der Waals surface area contributed by atoms with Gasteiger partial charge in [0.1, 0.15) is 0 Å². The molecule has 258 valence electrons. The molecule has 1 saturated heterocycles. The minimum Gasteiger partial charge on any atom is -0.354 e. The molecule has 8 aromatic rings. The molecule has 0 amide bonds. The van der Waals surface area contributed by atoms with E-state index in [1.807, 2.05) is 0 Å². The summed E-state index contributed by atoms with van der Waals surface area (Å²) in [5.74, 6) is 0. The van der Waals surface area contributed by atoms with Crippen LogP contribution in [-0.2, 0) is 0 Å². The number of thioether (sulfide) groups is 2. The average molecular weight is 729 g/mol. The molecule has 3 heterocycles. The molecule has 0 N–H and O–H groups in total. The first-order valence-electron chi connectivity index (χ1n) is 18.7. The van der Waals surface area contributed by atoms with Crippen molar-refractivity contribution < 1.29 is 0 Å². The van der Waals surface area contributed by atoms with Gasteiger partial charge in [-0.05, 0) is 81.9 Å². The Morgan fingerprint density at radius 2 is 0.796 bits per heavy atom. The van der Waals surface area contributed by atoms with E-state index in [9.17, 15) is 0 Å². The summed E-state index contributed by atoms with van der Waals surface area (Å²) < 4.78 is 0. The SMILES string of the molecule is c1ccc(-c2ccc(N(c3ccc(-c4ccccc4)cc3)c3ccc(N4C5c6ccccc6SC5C5Sc6ccccc6C54)c4ccccc34)cc2)cc1. The smallest absolute Gasteiger partial charge is 0.0694 e. The van der Waals surface area contributed by atoms with Gasteiger partial charge in [0.2, 0.25) is 0 Å². The monoisotopic (exact) mass is 728 g/mol. The van der Waals surface area contributed by atoms with Gasteiger partial charge < -0.3 is 9.80 Å². The molecule has 4 heteroatoms. The van der Waals surface area contributed by atoms with Gasteiger partial charge in [-0.25, -0.2) is 0 Å². The second-order valence-corrected chi connectivity index (χ2v) is 16.8. The van der Waals surface area contributed by atoms with Crippen molar-refractivity contribution in [1.29, 1.82) is 0 Å². The molecule has 4 unspecified atom stereocenters. The number of anilines is 4. The van der Waals surface area contributed by atoms with Crippen molar-refractivity contribution in [2.24, 2.45) is 0 Å². The van der Waals surface area contributed by atoms with Crippen LogP contribution in [-0.4, -0.2) is 10.5 Å². The molecule has 3 aliphatic heterocycles. The van der Waals surface area contributed by atoms with Crippen LogP contribution in [0.3, 0.4) is 0 Å². The third-order valence-corrected chi connectivity index (χ3v) is 14.5. The lowest BCUT2D eigenvalue weighted by Gasteiger charge is -2.34. The molecular formula is C50H36N2S2. The lowest BCUT2D eigenvalue weighted by atomic mass is 9.99. The lowest BCUT2D eigenvalue weighted by Crippen LogP contribution is -2.27. The number of rotatable bonds is 6. The highest BCUT2D eigenvalue weighted by Crippen LogP contribution is 2.66. The number of benzene rings is 8. The number of fused-ring (bicyclic) bond motifs is 8. The Kier molecular flexibility index (Phi) is 7.67. The highest BCUT2D eigenvalue weighted by molar-refractivity contribution is 8.04. The third-order valence-electron chi connectivity index (χ3n) is 11.4. The zero-order chi connectivity index (χ0) is 35.6. The van der Waals surface area contributed by atoms with Crippen LogP contribution in [0.2, 0.25) is 0 Å². The summed E-state index contributed by atoms with van der Waals surface area (Å²) >= 11 is 4.18. The Labute approximate surface area is 325 Å². The Hall–Kier alpha value is -5.68. The fraction of sp³-hybridized carbons (Fsp3) is 0.0800. The Bertz CT molecular complexity index is 2500. The number of hydrogen-bond donors (Lipinski definition) is 0. The van der Waals surface area contributed by atoms with E-state index in [4.69, 9.17) is 0 Å². The topological polar surface area (TPSA) is 6.48 Å². The van der Waals surface area contributed by atoms with Gasteiger partial charge in [0.15, 0.2) is 0 Å². The Morgan fingerprint density at radius 3 is 1.31 bits per heavy atom. The van der Waals surface area contributed by atoms with E-state index in [0.717, 1.165) is 11.4 Å². The first kappa shape index (κ1) is 31.8. The molecule has 0 saturated carbocycles. The molecule has 0 aliphatic carbocycles. The maximum Gasteiger partial charge on any atom is 0.0694 e. The Balaban J connectivity index is 1.08. The van der Waals surface area contributed by atoms with Crippen molar-refractivity contribution in [3.63, 3.8) is 0 Å². The molecular weight excluding hydrogens is 693 g/mol. The molecule has 11 rings (SSSR count). The van der Waals surface area contributed by atoms with Crippen molar-refractivity contribution in [2.45, 2.75) is 32.4 Å². The van der Waals surface area contributed by atoms with E-state index in [0.29, 0.717) is 22.6 Å². The van der Waals surface area contributed by atoms with Crippen LogP contribution in [0, 0.1) is 0 Å². The largest absolute Gasteiger partial charge is 0.354 e.